The lowest BCUT2D eigenvalue weighted by atomic mass is 10.1. The number of benzene rings is 1. The Morgan fingerprint density at radius 1 is 1.28 bits per heavy atom. The Morgan fingerprint density at radius 2 is 1.94 bits per heavy atom. The van der Waals surface area contributed by atoms with Crippen molar-refractivity contribution >= 4 is 11.8 Å². The molecule has 1 rings (SSSR count). The molecule has 2 nitrogen and oxygen atoms in total. The number of hydrogen-bond donors (Lipinski definition) is 1. The van der Waals surface area contributed by atoms with E-state index in [9.17, 15) is 13.2 Å². The first kappa shape index (κ1) is 15.3. The standard InChI is InChI=1S/C12H17F3N2S/c1-17(2)5-6-18-11-4-3-9(8-16)7-10(11)12(13,14)15/h3-4,7H,5-6,8,16H2,1-2H3. The van der Waals surface area contributed by atoms with Crippen LogP contribution in [0.3, 0.4) is 0 Å². The molecule has 0 amide bonds. The summed E-state index contributed by atoms with van der Waals surface area (Å²) in [7, 11) is 3.78. The van der Waals surface area contributed by atoms with Crippen molar-refractivity contribution in [3.8, 4) is 0 Å². The van der Waals surface area contributed by atoms with E-state index in [0.717, 1.165) is 12.6 Å². The van der Waals surface area contributed by atoms with Crippen molar-refractivity contribution in [1.82, 2.24) is 4.90 Å². The highest BCUT2D eigenvalue weighted by Crippen LogP contribution is 2.37. The molecule has 0 aromatic heterocycles. The molecular formula is C12H17F3N2S. The fraction of sp³-hybridized carbons (Fsp3) is 0.500. The Bertz CT molecular complexity index is 391. The lowest BCUT2D eigenvalue weighted by molar-refractivity contribution is -0.139. The summed E-state index contributed by atoms with van der Waals surface area (Å²) >= 11 is 1.22. The molecule has 6 heteroatoms. The lowest BCUT2D eigenvalue weighted by Crippen LogP contribution is -2.15. The van der Waals surface area contributed by atoms with Crippen LogP contribution in [-0.4, -0.2) is 31.3 Å². The van der Waals surface area contributed by atoms with Gasteiger partial charge in [0.15, 0.2) is 0 Å². The molecule has 0 aliphatic rings. The maximum Gasteiger partial charge on any atom is 0.417 e. The van der Waals surface area contributed by atoms with Crippen molar-refractivity contribution in [2.24, 2.45) is 5.73 Å². The molecule has 0 atom stereocenters. The summed E-state index contributed by atoms with van der Waals surface area (Å²) in [6.45, 7) is 0.854. The van der Waals surface area contributed by atoms with Crippen molar-refractivity contribution < 1.29 is 13.2 Å². The van der Waals surface area contributed by atoms with E-state index in [2.05, 4.69) is 0 Å². The van der Waals surface area contributed by atoms with Crippen LogP contribution in [0.2, 0.25) is 0 Å². The van der Waals surface area contributed by atoms with Crippen LogP contribution in [0.15, 0.2) is 23.1 Å². The number of thioether (sulfide) groups is 1. The van der Waals surface area contributed by atoms with Gasteiger partial charge >= 0.3 is 6.18 Å². The summed E-state index contributed by atoms with van der Waals surface area (Å²) in [4.78, 5) is 2.20. The molecule has 0 unspecified atom stereocenters. The van der Waals surface area contributed by atoms with Crippen LogP contribution in [0.1, 0.15) is 11.1 Å². The Kier molecular flexibility index (Phi) is 5.49. The minimum atomic E-state index is -4.33. The van der Waals surface area contributed by atoms with Crippen LogP contribution in [0.4, 0.5) is 13.2 Å². The van der Waals surface area contributed by atoms with E-state index < -0.39 is 11.7 Å². The predicted molar refractivity (Wildman–Crippen MR) is 68.6 cm³/mol. The Labute approximate surface area is 109 Å². The molecule has 1 aromatic carbocycles. The first-order valence-corrected chi connectivity index (χ1v) is 6.51. The SMILES string of the molecule is CN(C)CCSc1ccc(CN)cc1C(F)(F)F. The second-order valence-corrected chi connectivity index (χ2v) is 5.32. The summed E-state index contributed by atoms with van der Waals surface area (Å²) in [6.07, 6.45) is -4.33. The van der Waals surface area contributed by atoms with Gasteiger partial charge in [0.2, 0.25) is 0 Å². The van der Waals surface area contributed by atoms with Gasteiger partial charge in [-0.15, -0.1) is 11.8 Å². The summed E-state index contributed by atoms with van der Waals surface area (Å²) in [5, 5.41) is 0. The number of nitrogens with two attached hydrogens (primary N) is 1. The second-order valence-electron chi connectivity index (χ2n) is 4.18. The van der Waals surface area contributed by atoms with Gasteiger partial charge in [-0.05, 0) is 31.8 Å². The molecule has 0 spiro atoms. The fourth-order valence-corrected chi connectivity index (χ4v) is 2.56. The summed E-state index contributed by atoms with van der Waals surface area (Å²) in [5.74, 6) is 0.623. The second kappa shape index (κ2) is 6.45. The largest absolute Gasteiger partial charge is 0.417 e. The van der Waals surface area contributed by atoms with Gasteiger partial charge in [-0.1, -0.05) is 6.07 Å². The molecule has 0 aliphatic carbocycles. The third-order valence-electron chi connectivity index (χ3n) is 2.38. The lowest BCUT2D eigenvalue weighted by Gasteiger charge is -2.15. The predicted octanol–water partition coefficient (Wildman–Crippen LogP) is 2.82. The summed E-state index contributed by atoms with van der Waals surface area (Å²) in [5.41, 5.74) is 5.28. The molecule has 2 N–H and O–H groups in total. The summed E-state index contributed by atoms with van der Waals surface area (Å²) < 4.78 is 38.7. The molecule has 0 bridgehead atoms. The Balaban J connectivity index is 2.89. The molecule has 0 saturated heterocycles. The van der Waals surface area contributed by atoms with E-state index >= 15 is 0 Å². The van der Waals surface area contributed by atoms with E-state index in [1.54, 1.807) is 6.07 Å². The van der Waals surface area contributed by atoms with Gasteiger partial charge < -0.3 is 10.6 Å². The van der Waals surface area contributed by atoms with E-state index in [1.165, 1.54) is 17.8 Å². The molecule has 0 radical (unpaired) electrons. The van der Waals surface area contributed by atoms with Crippen molar-refractivity contribution in [2.45, 2.75) is 17.6 Å². The molecule has 0 heterocycles. The van der Waals surface area contributed by atoms with Crippen LogP contribution in [-0.2, 0) is 12.7 Å². The third-order valence-corrected chi connectivity index (χ3v) is 3.43. The average Bonchev–Trinajstić information content (AvgIpc) is 2.27. The molecule has 0 saturated carbocycles. The van der Waals surface area contributed by atoms with Gasteiger partial charge in [0.05, 0.1) is 5.56 Å². The molecule has 18 heavy (non-hydrogen) atoms. The van der Waals surface area contributed by atoms with Crippen LogP contribution < -0.4 is 5.73 Å². The first-order chi connectivity index (χ1) is 8.34. The quantitative estimate of drug-likeness (QED) is 0.840. The van der Waals surface area contributed by atoms with E-state index in [4.69, 9.17) is 5.73 Å². The van der Waals surface area contributed by atoms with Crippen molar-refractivity contribution in [2.75, 3.05) is 26.4 Å². The highest BCUT2D eigenvalue weighted by molar-refractivity contribution is 7.99. The molecule has 0 aliphatic heterocycles. The van der Waals surface area contributed by atoms with Crippen molar-refractivity contribution in [3.63, 3.8) is 0 Å². The van der Waals surface area contributed by atoms with Crippen LogP contribution >= 0.6 is 11.8 Å². The minimum absolute atomic E-state index is 0.117. The zero-order valence-electron chi connectivity index (χ0n) is 10.4. The highest BCUT2D eigenvalue weighted by Gasteiger charge is 2.33. The van der Waals surface area contributed by atoms with Crippen LogP contribution in [0, 0.1) is 0 Å². The Morgan fingerprint density at radius 3 is 2.44 bits per heavy atom. The van der Waals surface area contributed by atoms with Gasteiger partial charge in [0.25, 0.3) is 0 Å². The van der Waals surface area contributed by atoms with Crippen LogP contribution in [0.5, 0.6) is 0 Å². The maximum atomic E-state index is 12.9. The highest BCUT2D eigenvalue weighted by atomic mass is 32.2. The summed E-state index contributed by atoms with van der Waals surface area (Å²) in [6, 6.07) is 4.29. The normalized spacial score (nSPS) is 12.2. The number of halogens is 3. The molecule has 0 fully saturated rings. The number of hydrogen-bond acceptors (Lipinski definition) is 3. The Hall–Kier alpha value is -0.720. The van der Waals surface area contributed by atoms with E-state index in [1.807, 2.05) is 19.0 Å². The third kappa shape index (κ3) is 4.51. The zero-order valence-corrected chi connectivity index (χ0v) is 11.2. The van der Waals surface area contributed by atoms with Gasteiger partial charge in [-0.3, -0.25) is 0 Å². The van der Waals surface area contributed by atoms with E-state index in [-0.39, 0.29) is 11.4 Å². The van der Waals surface area contributed by atoms with Crippen LogP contribution in [0.25, 0.3) is 0 Å². The monoisotopic (exact) mass is 278 g/mol. The van der Waals surface area contributed by atoms with E-state index in [0.29, 0.717) is 11.3 Å². The van der Waals surface area contributed by atoms with Crippen molar-refractivity contribution in [1.29, 1.82) is 0 Å². The molecular weight excluding hydrogens is 261 g/mol. The van der Waals surface area contributed by atoms with Crippen molar-refractivity contribution in [3.05, 3.63) is 29.3 Å². The number of alkyl halides is 3. The average molecular weight is 278 g/mol. The fourth-order valence-electron chi connectivity index (χ4n) is 1.39. The first-order valence-electron chi connectivity index (χ1n) is 5.52. The topological polar surface area (TPSA) is 29.3 Å². The van der Waals surface area contributed by atoms with Gasteiger partial charge in [0.1, 0.15) is 0 Å². The van der Waals surface area contributed by atoms with Gasteiger partial charge in [0, 0.05) is 23.7 Å². The number of rotatable bonds is 5. The molecule has 102 valence electrons. The maximum absolute atomic E-state index is 12.9. The smallest absolute Gasteiger partial charge is 0.326 e. The zero-order chi connectivity index (χ0) is 13.8. The number of nitrogens with zero attached hydrogens (tertiary/aromatic N) is 1. The minimum Gasteiger partial charge on any atom is -0.326 e. The van der Waals surface area contributed by atoms with Gasteiger partial charge in [-0.2, -0.15) is 13.2 Å². The molecule has 1 aromatic rings. The van der Waals surface area contributed by atoms with Gasteiger partial charge in [-0.25, -0.2) is 0 Å².